The lowest BCUT2D eigenvalue weighted by Gasteiger charge is -2.16. The highest BCUT2D eigenvalue weighted by Crippen LogP contribution is 2.19. The van der Waals surface area contributed by atoms with Gasteiger partial charge in [-0.05, 0) is 31.0 Å². The fourth-order valence-corrected chi connectivity index (χ4v) is 2.91. The zero-order valence-electron chi connectivity index (χ0n) is 13.8. The van der Waals surface area contributed by atoms with E-state index >= 15 is 0 Å². The standard InChI is InChI=1S/C19H22N2O3/c1-14-4-6-15(7-5-14)8-9-21-13-16(11-18(21)22)19(23)20-12-17-3-2-10-24-17/h2-7,10,16H,8-9,11-13H2,1H3,(H,20,23)/t16-/m0/s1. The van der Waals surface area contributed by atoms with Crippen molar-refractivity contribution in [2.75, 3.05) is 13.1 Å². The molecule has 5 heteroatoms. The SMILES string of the molecule is Cc1ccc(CCN2C[C@@H](C(=O)NCc3ccco3)CC2=O)cc1. The van der Waals surface area contributed by atoms with Crippen LogP contribution < -0.4 is 5.32 Å². The number of hydrogen-bond acceptors (Lipinski definition) is 3. The topological polar surface area (TPSA) is 62.6 Å². The van der Waals surface area contributed by atoms with Gasteiger partial charge in [0.1, 0.15) is 5.76 Å². The van der Waals surface area contributed by atoms with Gasteiger partial charge in [0.2, 0.25) is 11.8 Å². The quantitative estimate of drug-likeness (QED) is 0.886. The molecule has 2 amide bonds. The van der Waals surface area contributed by atoms with Gasteiger partial charge in [0.05, 0.1) is 18.7 Å². The maximum absolute atomic E-state index is 12.2. The summed E-state index contributed by atoms with van der Waals surface area (Å²) in [4.78, 5) is 26.1. The molecule has 0 aliphatic carbocycles. The minimum atomic E-state index is -0.273. The third-order valence-electron chi connectivity index (χ3n) is 4.39. The third-order valence-corrected chi connectivity index (χ3v) is 4.39. The van der Waals surface area contributed by atoms with Crippen LogP contribution in [0, 0.1) is 12.8 Å². The molecular formula is C19H22N2O3. The molecule has 2 heterocycles. The first-order chi connectivity index (χ1) is 11.6. The largest absolute Gasteiger partial charge is 0.467 e. The Morgan fingerprint density at radius 1 is 1.29 bits per heavy atom. The molecule has 126 valence electrons. The van der Waals surface area contributed by atoms with Gasteiger partial charge in [-0.25, -0.2) is 0 Å². The fraction of sp³-hybridized carbons (Fsp3) is 0.368. The molecule has 1 aliphatic rings. The second-order valence-electron chi connectivity index (χ2n) is 6.27. The van der Waals surface area contributed by atoms with Gasteiger partial charge in [-0.15, -0.1) is 0 Å². The summed E-state index contributed by atoms with van der Waals surface area (Å²) in [5.41, 5.74) is 2.43. The molecule has 0 spiro atoms. The minimum absolute atomic E-state index is 0.0558. The lowest BCUT2D eigenvalue weighted by Crippen LogP contribution is -2.33. The van der Waals surface area contributed by atoms with Gasteiger partial charge >= 0.3 is 0 Å². The number of benzene rings is 1. The van der Waals surface area contributed by atoms with Gasteiger partial charge < -0.3 is 14.6 Å². The predicted molar refractivity (Wildman–Crippen MR) is 90.1 cm³/mol. The summed E-state index contributed by atoms with van der Waals surface area (Å²) in [6, 6.07) is 11.9. The molecule has 1 aliphatic heterocycles. The molecule has 0 saturated carbocycles. The van der Waals surface area contributed by atoms with Gasteiger partial charge in [-0.2, -0.15) is 0 Å². The smallest absolute Gasteiger partial charge is 0.225 e. The van der Waals surface area contributed by atoms with Gasteiger partial charge in [0.25, 0.3) is 0 Å². The molecular weight excluding hydrogens is 304 g/mol. The highest BCUT2D eigenvalue weighted by molar-refractivity contribution is 5.89. The Morgan fingerprint density at radius 2 is 2.08 bits per heavy atom. The van der Waals surface area contributed by atoms with Crippen molar-refractivity contribution in [3.8, 4) is 0 Å². The highest BCUT2D eigenvalue weighted by atomic mass is 16.3. The molecule has 2 aromatic rings. The van der Waals surface area contributed by atoms with Crippen LogP contribution in [0.2, 0.25) is 0 Å². The van der Waals surface area contributed by atoms with E-state index in [0.717, 1.165) is 6.42 Å². The maximum atomic E-state index is 12.2. The van der Waals surface area contributed by atoms with Crippen molar-refractivity contribution >= 4 is 11.8 Å². The molecule has 0 bridgehead atoms. The number of furan rings is 1. The Labute approximate surface area is 141 Å². The van der Waals surface area contributed by atoms with Crippen LogP contribution in [0.1, 0.15) is 23.3 Å². The average molecular weight is 326 g/mol. The monoisotopic (exact) mass is 326 g/mol. The van der Waals surface area contributed by atoms with Crippen molar-refractivity contribution in [2.45, 2.75) is 26.3 Å². The molecule has 5 nitrogen and oxygen atoms in total. The van der Waals surface area contributed by atoms with E-state index in [4.69, 9.17) is 4.42 Å². The molecule has 1 fully saturated rings. The summed E-state index contributed by atoms with van der Waals surface area (Å²) >= 11 is 0. The number of amides is 2. The number of hydrogen-bond donors (Lipinski definition) is 1. The Kier molecular flexibility index (Phi) is 4.99. The molecule has 1 aromatic heterocycles. The molecule has 0 unspecified atom stereocenters. The molecule has 0 radical (unpaired) electrons. The number of carbonyl (C=O) groups is 2. The Bertz CT molecular complexity index is 692. The van der Waals surface area contributed by atoms with E-state index in [1.54, 1.807) is 17.2 Å². The third kappa shape index (κ3) is 4.04. The van der Waals surface area contributed by atoms with Crippen LogP contribution in [0.15, 0.2) is 47.1 Å². The Morgan fingerprint density at radius 3 is 2.79 bits per heavy atom. The van der Waals surface area contributed by atoms with E-state index in [2.05, 4.69) is 36.5 Å². The molecule has 24 heavy (non-hydrogen) atoms. The molecule has 1 atom stereocenters. The minimum Gasteiger partial charge on any atom is -0.467 e. The van der Waals surface area contributed by atoms with Crippen molar-refractivity contribution in [3.63, 3.8) is 0 Å². The number of carbonyl (C=O) groups excluding carboxylic acids is 2. The van der Waals surface area contributed by atoms with Crippen LogP contribution in [0.3, 0.4) is 0 Å². The zero-order valence-corrected chi connectivity index (χ0v) is 13.8. The van der Waals surface area contributed by atoms with E-state index in [-0.39, 0.29) is 24.2 Å². The molecule has 1 aromatic carbocycles. The number of likely N-dealkylation sites (tertiary alicyclic amines) is 1. The number of nitrogens with one attached hydrogen (secondary N) is 1. The van der Waals surface area contributed by atoms with Crippen LogP contribution in [-0.2, 0) is 22.6 Å². The first-order valence-electron chi connectivity index (χ1n) is 8.25. The number of rotatable bonds is 6. The van der Waals surface area contributed by atoms with Crippen LogP contribution in [0.4, 0.5) is 0 Å². The van der Waals surface area contributed by atoms with E-state index in [1.165, 1.54) is 11.1 Å². The second-order valence-corrected chi connectivity index (χ2v) is 6.27. The van der Waals surface area contributed by atoms with Crippen LogP contribution in [0.5, 0.6) is 0 Å². The van der Waals surface area contributed by atoms with E-state index in [1.807, 2.05) is 6.07 Å². The maximum Gasteiger partial charge on any atom is 0.225 e. The Balaban J connectivity index is 1.47. The lowest BCUT2D eigenvalue weighted by molar-refractivity contribution is -0.129. The zero-order chi connectivity index (χ0) is 16.9. The first-order valence-corrected chi connectivity index (χ1v) is 8.25. The summed E-state index contributed by atoms with van der Waals surface area (Å²) in [6.45, 7) is 3.57. The van der Waals surface area contributed by atoms with Crippen LogP contribution in [0.25, 0.3) is 0 Å². The van der Waals surface area contributed by atoms with E-state index in [9.17, 15) is 9.59 Å². The summed E-state index contributed by atoms with van der Waals surface area (Å²) in [7, 11) is 0. The van der Waals surface area contributed by atoms with E-state index < -0.39 is 0 Å². The summed E-state index contributed by atoms with van der Waals surface area (Å²) in [6.07, 6.45) is 2.68. The molecule has 1 N–H and O–H groups in total. The van der Waals surface area contributed by atoms with Crippen LogP contribution >= 0.6 is 0 Å². The second kappa shape index (κ2) is 7.34. The summed E-state index contributed by atoms with van der Waals surface area (Å²) in [5.74, 6) is 0.409. The normalized spacial score (nSPS) is 17.3. The van der Waals surface area contributed by atoms with Crippen molar-refractivity contribution in [3.05, 3.63) is 59.5 Å². The van der Waals surface area contributed by atoms with Gasteiger partial charge in [-0.1, -0.05) is 29.8 Å². The van der Waals surface area contributed by atoms with Crippen molar-refractivity contribution in [2.24, 2.45) is 5.92 Å². The average Bonchev–Trinajstić information content (AvgIpc) is 3.22. The van der Waals surface area contributed by atoms with Crippen molar-refractivity contribution in [1.82, 2.24) is 10.2 Å². The first kappa shape index (κ1) is 16.3. The number of aryl methyl sites for hydroxylation is 1. The number of nitrogens with zero attached hydrogens (tertiary/aromatic N) is 1. The molecule has 3 rings (SSSR count). The highest BCUT2D eigenvalue weighted by Gasteiger charge is 2.33. The lowest BCUT2D eigenvalue weighted by atomic mass is 10.1. The Hall–Kier alpha value is -2.56. The summed E-state index contributed by atoms with van der Waals surface area (Å²) < 4.78 is 5.19. The summed E-state index contributed by atoms with van der Waals surface area (Å²) in [5, 5.41) is 2.84. The molecule has 1 saturated heterocycles. The predicted octanol–water partition coefficient (Wildman–Crippen LogP) is 2.30. The fourth-order valence-electron chi connectivity index (χ4n) is 2.91. The van der Waals surface area contributed by atoms with E-state index in [0.29, 0.717) is 25.4 Å². The van der Waals surface area contributed by atoms with Gasteiger partial charge in [0.15, 0.2) is 0 Å². The van der Waals surface area contributed by atoms with Gasteiger partial charge in [-0.3, -0.25) is 9.59 Å². The van der Waals surface area contributed by atoms with Crippen LogP contribution in [-0.4, -0.2) is 29.8 Å². The van der Waals surface area contributed by atoms with Crippen molar-refractivity contribution < 1.29 is 14.0 Å². The van der Waals surface area contributed by atoms with Gasteiger partial charge in [0, 0.05) is 19.5 Å². The van der Waals surface area contributed by atoms with Crippen molar-refractivity contribution in [1.29, 1.82) is 0 Å².